The summed E-state index contributed by atoms with van der Waals surface area (Å²) in [5.74, 6) is -0.692. The highest BCUT2D eigenvalue weighted by Crippen LogP contribution is 2.34. The molecule has 0 aromatic heterocycles. The Morgan fingerprint density at radius 1 is 1.39 bits per heavy atom. The molecule has 0 unspecified atom stereocenters. The molecule has 0 spiro atoms. The lowest BCUT2D eigenvalue weighted by Crippen LogP contribution is -2.28. The zero-order valence-electron chi connectivity index (χ0n) is 11.0. The number of allylic oxidation sites excluding steroid dienone is 2. The zero-order chi connectivity index (χ0) is 13.3. The Labute approximate surface area is 108 Å². The van der Waals surface area contributed by atoms with Gasteiger partial charge in [-0.2, -0.15) is 0 Å². The van der Waals surface area contributed by atoms with Gasteiger partial charge in [-0.05, 0) is 39.2 Å². The number of carbonyl (C=O) groups is 1. The first-order valence-corrected chi connectivity index (χ1v) is 6.40. The quantitative estimate of drug-likeness (QED) is 0.407. The molecule has 2 aliphatic rings. The molecule has 3 atom stereocenters. The average molecular weight is 248 g/mol. The predicted molar refractivity (Wildman–Crippen MR) is 69.9 cm³/mol. The molecule has 3 heteroatoms. The van der Waals surface area contributed by atoms with Gasteiger partial charge in [0.05, 0.1) is 12.0 Å². The lowest BCUT2D eigenvalue weighted by Gasteiger charge is -2.23. The molecule has 1 N–H and O–H groups in total. The van der Waals surface area contributed by atoms with E-state index in [1.54, 1.807) is 0 Å². The van der Waals surface area contributed by atoms with Crippen molar-refractivity contribution in [2.45, 2.75) is 45.3 Å². The number of hydrogen-bond acceptors (Lipinski definition) is 3. The fourth-order valence-corrected chi connectivity index (χ4v) is 2.65. The fraction of sp³-hybridized carbons (Fsp3) is 0.533. The molecular formula is C15H20O3. The molecule has 1 saturated heterocycles. The highest BCUT2D eigenvalue weighted by Gasteiger charge is 2.41. The van der Waals surface area contributed by atoms with E-state index in [1.165, 1.54) is 5.57 Å². The average Bonchev–Trinajstić information content (AvgIpc) is 2.53. The first-order chi connectivity index (χ1) is 8.49. The summed E-state index contributed by atoms with van der Waals surface area (Å²) >= 11 is 0. The third-order valence-corrected chi connectivity index (χ3v) is 3.69. The normalized spacial score (nSPS) is 39.2. The molecule has 0 radical (unpaired) electrons. The predicted octanol–water partition coefficient (Wildman–Crippen LogP) is 2.52. The molecule has 0 aromatic carbocycles. The molecule has 1 aliphatic heterocycles. The molecule has 98 valence electrons. The van der Waals surface area contributed by atoms with Crippen molar-refractivity contribution in [1.82, 2.24) is 0 Å². The van der Waals surface area contributed by atoms with Crippen molar-refractivity contribution in [2.24, 2.45) is 5.92 Å². The molecule has 0 saturated carbocycles. The Bertz CT molecular complexity index is 431. The van der Waals surface area contributed by atoms with Gasteiger partial charge >= 0.3 is 5.97 Å². The van der Waals surface area contributed by atoms with Crippen LogP contribution < -0.4 is 0 Å². The zero-order valence-corrected chi connectivity index (χ0v) is 11.0. The number of aliphatic hydroxyl groups is 1. The molecule has 1 aliphatic carbocycles. The van der Waals surface area contributed by atoms with Gasteiger partial charge < -0.3 is 9.84 Å². The van der Waals surface area contributed by atoms with E-state index in [4.69, 9.17) is 4.74 Å². The van der Waals surface area contributed by atoms with Crippen LogP contribution in [-0.2, 0) is 9.53 Å². The van der Waals surface area contributed by atoms with Crippen molar-refractivity contribution in [3.05, 3.63) is 35.5 Å². The van der Waals surface area contributed by atoms with Crippen LogP contribution in [0.5, 0.6) is 0 Å². The third kappa shape index (κ3) is 2.56. The van der Waals surface area contributed by atoms with Crippen molar-refractivity contribution < 1.29 is 14.6 Å². The van der Waals surface area contributed by atoms with Crippen LogP contribution in [-0.4, -0.2) is 23.3 Å². The number of esters is 1. The summed E-state index contributed by atoms with van der Waals surface area (Å²) in [5.41, 5.74) is 2.73. The van der Waals surface area contributed by atoms with Crippen LogP contribution in [0.25, 0.3) is 0 Å². The van der Waals surface area contributed by atoms with Crippen LogP contribution in [0.3, 0.4) is 0 Å². The maximum Gasteiger partial charge on any atom is 0.334 e. The second-order valence-corrected chi connectivity index (χ2v) is 5.29. The standard InChI is InChI=1S/C15H20O3/c1-9-5-4-6-10(2)8-13-14(12(16)7-9)11(3)15(17)18-13/h5,8,12-14,16H,3-4,6-7H2,1-2H3/b9-5+,10-8+/t12-,13-,14-/m1/s1. The number of rotatable bonds is 0. The second kappa shape index (κ2) is 5.11. The third-order valence-electron chi connectivity index (χ3n) is 3.69. The minimum atomic E-state index is -0.604. The molecule has 0 bridgehead atoms. The number of aliphatic hydroxyl groups excluding tert-OH is 1. The number of carbonyl (C=O) groups excluding carboxylic acids is 1. The Hall–Kier alpha value is -1.35. The molecule has 2 rings (SSSR count). The van der Waals surface area contributed by atoms with Crippen molar-refractivity contribution in [3.63, 3.8) is 0 Å². The van der Waals surface area contributed by atoms with Crippen LogP contribution in [0.15, 0.2) is 35.5 Å². The first-order valence-electron chi connectivity index (χ1n) is 6.40. The highest BCUT2D eigenvalue weighted by molar-refractivity contribution is 5.91. The summed E-state index contributed by atoms with van der Waals surface area (Å²) in [5, 5.41) is 10.3. The van der Waals surface area contributed by atoms with Gasteiger partial charge in [-0.1, -0.05) is 23.8 Å². The summed E-state index contributed by atoms with van der Waals surface area (Å²) < 4.78 is 5.29. The lowest BCUT2D eigenvalue weighted by atomic mass is 9.86. The maximum absolute atomic E-state index is 11.6. The topological polar surface area (TPSA) is 46.5 Å². The summed E-state index contributed by atoms with van der Waals surface area (Å²) in [6, 6.07) is 0. The Kier molecular flexibility index (Phi) is 3.71. The smallest absolute Gasteiger partial charge is 0.334 e. The van der Waals surface area contributed by atoms with Gasteiger partial charge in [-0.3, -0.25) is 0 Å². The van der Waals surface area contributed by atoms with E-state index < -0.39 is 6.10 Å². The van der Waals surface area contributed by atoms with E-state index in [-0.39, 0.29) is 18.0 Å². The summed E-state index contributed by atoms with van der Waals surface area (Å²) in [4.78, 5) is 11.6. The van der Waals surface area contributed by atoms with Gasteiger partial charge in [-0.15, -0.1) is 0 Å². The molecule has 0 aromatic rings. The van der Waals surface area contributed by atoms with Crippen molar-refractivity contribution in [2.75, 3.05) is 0 Å². The summed E-state index contributed by atoms with van der Waals surface area (Å²) in [6.45, 7) is 7.81. The van der Waals surface area contributed by atoms with Crippen LogP contribution in [0.2, 0.25) is 0 Å². The van der Waals surface area contributed by atoms with Gasteiger partial charge in [-0.25, -0.2) is 4.79 Å². The fourth-order valence-electron chi connectivity index (χ4n) is 2.65. The van der Waals surface area contributed by atoms with Gasteiger partial charge in [0.15, 0.2) is 0 Å². The van der Waals surface area contributed by atoms with Gasteiger partial charge in [0.1, 0.15) is 6.10 Å². The lowest BCUT2D eigenvalue weighted by molar-refractivity contribution is -0.137. The van der Waals surface area contributed by atoms with Crippen LogP contribution in [0, 0.1) is 5.92 Å². The van der Waals surface area contributed by atoms with E-state index in [9.17, 15) is 9.90 Å². The molecule has 1 fully saturated rings. The van der Waals surface area contributed by atoms with Crippen molar-refractivity contribution in [3.8, 4) is 0 Å². The molecule has 0 amide bonds. The number of ether oxygens (including phenoxy) is 1. The van der Waals surface area contributed by atoms with E-state index in [0.29, 0.717) is 12.0 Å². The Morgan fingerprint density at radius 3 is 2.83 bits per heavy atom. The van der Waals surface area contributed by atoms with Crippen LogP contribution in [0.4, 0.5) is 0 Å². The molecular weight excluding hydrogens is 228 g/mol. The van der Waals surface area contributed by atoms with E-state index in [2.05, 4.69) is 12.7 Å². The molecule has 1 heterocycles. The van der Waals surface area contributed by atoms with Crippen molar-refractivity contribution >= 4 is 5.97 Å². The minimum absolute atomic E-state index is 0.311. The number of fused-ring (bicyclic) bond motifs is 1. The van der Waals surface area contributed by atoms with Crippen LogP contribution in [0.1, 0.15) is 33.1 Å². The van der Waals surface area contributed by atoms with E-state index in [1.807, 2.05) is 19.9 Å². The largest absolute Gasteiger partial charge is 0.454 e. The summed E-state index contributed by atoms with van der Waals surface area (Å²) in [6.07, 6.45) is 5.65. The minimum Gasteiger partial charge on any atom is -0.454 e. The van der Waals surface area contributed by atoms with Gasteiger partial charge in [0.2, 0.25) is 0 Å². The van der Waals surface area contributed by atoms with Gasteiger partial charge in [0.25, 0.3) is 0 Å². The Balaban J connectivity index is 2.33. The first kappa shape index (κ1) is 13.1. The van der Waals surface area contributed by atoms with Gasteiger partial charge in [0, 0.05) is 5.57 Å². The summed E-state index contributed by atoms with van der Waals surface area (Å²) in [7, 11) is 0. The van der Waals surface area contributed by atoms with E-state index >= 15 is 0 Å². The maximum atomic E-state index is 11.6. The second-order valence-electron chi connectivity index (χ2n) is 5.29. The monoisotopic (exact) mass is 248 g/mol. The Morgan fingerprint density at radius 2 is 2.11 bits per heavy atom. The van der Waals surface area contributed by atoms with E-state index in [0.717, 1.165) is 18.4 Å². The molecule has 3 nitrogen and oxygen atoms in total. The SMILES string of the molecule is C=C1C(=O)O[C@@H]2/C=C(\C)CC/C=C(\C)C[C@@H](O)[C@@H]12. The van der Waals surface area contributed by atoms with Crippen LogP contribution >= 0.6 is 0 Å². The highest BCUT2D eigenvalue weighted by atomic mass is 16.6. The van der Waals surface area contributed by atoms with Crippen molar-refractivity contribution in [1.29, 1.82) is 0 Å². The number of hydrogen-bond donors (Lipinski definition) is 1. The molecule has 18 heavy (non-hydrogen) atoms.